The first-order valence-electron chi connectivity index (χ1n) is 5.17. The molecule has 0 amide bonds. The number of aryl methyl sites for hydroxylation is 1. The van der Waals surface area contributed by atoms with Crippen molar-refractivity contribution in [1.29, 1.82) is 0 Å². The second-order valence-electron chi connectivity index (χ2n) is 3.81. The number of hydrogen-bond donors (Lipinski definition) is 2. The van der Waals surface area contributed by atoms with E-state index in [2.05, 4.69) is 9.88 Å². The van der Waals surface area contributed by atoms with Gasteiger partial charge in [0.05, 0.1) is 5.69 Å². The maximum Gasteiger partial charge on any atom is 0.238 e. The number of anilines is 1. The summed E-state index contributed by atoms with van der Waals surface area (Å²) in [5, 5.41) is 13.1. The number of sulfonamides is 1. The van der Waals surface area contributed by atoms with Crippen LogP contribution < -0.4 is 4.72 Å². The fourth-order valence-electron chi connectivity index (χ4n) is 1.44. The highest BCUT2D eigenvalue weighted by atomic mass is 32.2. The van der Waals surface area contributed by atoms with Crippen molar-refractivity contribution in [2.24, 2.45) is 0 Å². The molecule has 0 saturated carbocycles. The summed E-state index contributed by atoms with van der Waals surface area (Å²) in [5.74, 6) is 0.110. The Morgan fingerprint density at radius 1 is 1.39 bits per heavy atom. The minimum atomic E-state index is -3.63. The van der Waals surface area contributed by atoms with E-state index < -0.39 is 10.0 Å². The number of hydrogen-bond acceptors (Lipinski definition) is 5. The van der Waals surface area contributed by atoms with E-state index in [0.717, 1.165) is 0 Å². The van der Waals surface area contributed by atoms with Gasteiger partial charge < -0.3 is 9.63 Å². The fourth-order valence-corrected chi connectivity index (χ4v) is 2.55. The largest absolute Gasteiger partial charge is 0.506 e. The zero-order valence-electron chi connectivity index (χ0n) is 9.62. The maximum absolute atomic E-state index is 11.8. The minimum Gasteiger partial charge on any atom is -0.506 e. The van der Waals surface area contributed by atoms with Crippen molar-refractivity contribution in [3.05, 3.63) is 41.8 Å². The summed E-state index contributed by atoms with van der Waals surface area (Å²) < 4.78 is 30.7. The molecular weight excluding hydrogens is 256 g/mol. The molecule has 2 rings (SSSR count). The van der Waals surface area contributed by atoms with Crippen LogP contribution in [0.15, 0.2) is 34.9 Å². The molecule has 18 heavy (non-hydrogen) atoms. The molecule has 0 aliphatic rings. The van der Waals surface area contributed by atoms with Crippen LogP contribution in [-0.4, -0.2) is 18.7 Å². The van der Waals surface area contributed by atoms with Gasteiger partial charge in [-0.3, -0.25) is 4.72 Å². The second kappa shape index (κ2) is 4.69. The Morgan fingerprint density at radius 3 is 2.72 bits per heavy atom. The van der Waals surface area contributed by atoms with E-state index in [-0.39, 0.29) is 17.2 Å². The maximum atomic E-state index is 11.8. The molecule has 1 aromatic heterocycles. The normalized spacial score (nSPS) is 11.4. The molecule has 0 bridgehead atoms. The van der Waals surface area contributed by atoms with Crippen molar-refractivity contribution in [3.63, 3.8) is 0 Å². The van der Waals surface area contributed by atoms with Gasteiger partial charge in [0, 0.05) is 6.07 Å². The van der Waals surface area contributed by atoms with Crippen LogP contribution in [0.4, 0.5) is 5.69 Å². The molecule has 1 heterocycles. The smallest absolute Gasteiger partial charge is 0.238 e. The first-order chi connectivity index (χ1) is 8.46. The summed E-state index contributed by atoms with van der Waals surface area (Å²) in [4.78, 5) is 0. The number of phenolic OH excluding ortho intramolecular Hbond substituents is 1. The van der Waals surface area contributed by atoms with E-state index in [1.165, 1.54) is 12.1 Å². The van der Waals surface area contributed by atoms with Crippen LogP contribution in [0, 0.1) is 6.92 Å². The Morgan fingerprint density at radius 2 is 2.11 bits per heavy atom. The van der Waals surface area contributed by atoms with E-state index in [1.54, 1.807) is 25.1 Å². The second-order valence-corrected chi connectivity index (χ2v) is 5.53. The van der Waals surface area contributed by atoms with Crippen molar-refractivity contribution in [3.8, 4) is 5.75 Å². The molecule has 7 heteroatoms. The van der Waals surface area contributed by atoms with Crippen molar-refractivity contribution < 1.29 is 18.0 Å². The lowest BCUT2D eigenvalue weighted by Gasteiger charge is -2.07. The standard InChI is InChI=1S/C11H12N2O4S/c1-8-6-9(12-17-8)7-18(15,16)13-10-4-2-3-5-11(10)14/h2-6,13-14H,7H2,1H3. The van der Waals surface area contributed by atoms with Crippen LogP contribution in [0.3, 0.4) is 0 Å². The Kier molecular flexibility index (Phi) is 3.24. The number of phenols is 1. The number of benzene rings is 1. The average molecular weight is 268 g/mol. The van der Waals surface area contributed by atoms with Crippen LogP contribution in [0.1, 0.15) is 11.5 Å². The van der Waals surface area contributed by atoms with Gasteiger partial charge in [-0.05, 0) is 19.1 Å². The van der Waals surface area contributed by atoms with Gasteiger partial charge in [0.15, 0.2) is 0 Å². The van der Waals surface area contributed by atoms with Crippen molar-refractivity contribution >= 4 is 15.7 Å². The van der Waals surface area contributed by atoms with Crippen LogP contribution in [0.5, 0.6) is 5.75 Å². The molecule has 2 N–H and O–H groups in total. The zero-order valence-corrected chi connectivity index (χ0v) is 10.4. The van der Waals surface area contributed by atoms with Gasteiger partial charge in [-0.25, -0.2) is 8.42 Å². The minimum absolute atomic E-state index is 0.127. The third kappa shape index (κ3) is 3.01. The SMILES string of the molecule is Cc1cc(CS(=O)(=O)Nc2ccccc2O)no1. The average Bonchev–Trinajstić information content (AvgIpc) is 2.66. The van der Waals surface area contributed by atoms with Gasteiger partial charge in [-0.2, -0.15) is 0 Å². The molecule has 0 radical (unpaired) electrons. The van der Waals surface area contributed by atoms with E-state index in [4.69, 9.17) is 4.52 Å². The first kappa shape index (κ1) is 12.4. The molecule has 0 aliphatic heterocycles. The highest BCUT2D eigenvalue weighted by Crippen LogP contribution is 2.23. The van der Waals surface area contributed by atoms with Gasteiger partial charge >= 0.3 is 0 Å². The molecule has 6 nitrogen and oxygen atoms in total. The number of para-hydroxylation sites is 2. The first-order valence-corrected chi connectivity index (χ1v) is 6.82. The quantitative estimate of drug-likeness (QED) is 0.822. The van der Waals surface area contributed by atoms with E-state index in [1.807, 2.05) is 0 Å². The molecule has 1 aromatic carbocycles. The summed E-state index contributed by atoms with van der Waals surface area (Å²) in [5.41, 5.74) is 0.452. The molecular formula is C11H12N2O4S. The Labute approximate surface area is 104 Å². The van der Waals surface area contributed by atoms with Crippen molar-refractivity contribution in [2.45, 2.75) is 12.7 Å². The van der Waals surface area contributed by atoms with Crippen LogP contribution in [-0.2, 0) is 15.8 Å². The molecule has 0 atom stereocenters. The summed E-state index contributed by atoms with van der Waals surface area (Å²) in [7, 11) is -3.63. The topological polar surface area (TPSA) is 92.4 Å². The van der Waals surface area contributed by atoms with Gasteiger partial charge in [-0.15, -0.1) is 0 Å². The lowest BCUT2D eigenvalue weighted by molar-refractivity contribution is 0.392. The Bertz CT molecular complexity index is 649. The highest BCUT2D eigenvalue weighted by Gasteiger charge is 2.16. The molecule has 0 spiro atoms. The summed E-state index contributed by atoms with van der Waals surface area (Å²) in [6, 6.07) is 7.65. The Balaban J connectivity index is 2.15. The highest BCUT2D eigenvalue weighted by molar-refractivity contribution is 7.91. The molecule has 0 saturated heterocycles. The van der Waals surface area contributed by atoms with Crippen molar-refractivity contribution in [1.82, 2.24) is 5.16 Å². The van der Waals surface area contributed by atoms with Gasteiger partial charge in [-0.1, -0.05) is 17.3 Å². The summed E-state index contributed by atoms with van der Waals surface area (Å²) in [6.07, 6.45) is 0. The lowest BCUT2D eigenvalue weighted by Crippen LogP contribution is -2.15. The predicted octanol–water partition coefficient (Wildman–Crippen LogP) is 1.63. The molecule has 96 valence electrons. The van der Waals surface area contributed by atoms with Gasteiger partial charge in [0.2, 0.25) is 10.0 Å². The molecule has 2 aromatic rings. The van der Waals surface area contributed by atoms with Gasteiger partial charge in [0.25, 0.3) is 0 Å². The van der Waals surface area contributed by atoms with E-state index >= 15 is 0 Å². The van der Waals surface area contributed by atoms with Crippen molar-refractivity contribution in [2.75, 3.05) is 4.72 Å². The number of aromatic nitrogens is 1. The van der Waals surface area contributed by atoms with Crippen LogP contribution >= 0.6 is 0 Å². The molecule has 0 aliphatic carbocycles. The third-order valence-corrected chi connectivity index (χ3v) is 3.39. The molecule has 0 unspecified atom stereocenters. The zero-order chi connectivity index (χ0) is 13.2. The number of nitrogens with one attached hydrogen (secondary N) is 1. The number of rotatable bonds is 4. The predicted molar refractivity (Wildman–Crippen MR) is 65.6 cm³/mol. The van der Waals surface area contributed by atoms with E-state index in [9.17, 15) is 13.5 Å². The number of nitrogens with zero attached hydrogens (tertiary/aromatic N) is 1. The summed E-state index contributed by atoms with van der Waals surface area (Å²) >= 11 is 0. The van der Waals surface area contributed by atoms with Crippen LogP contribution in [0.25, 0.3) is 0 Å². The van der Waals surface area contributed by atoms with Crippen LogP contribution in [0.2, 0.25) is 0 Å². The van der Waals surface area contributed by atoms with E-state index in [0.29, 0.717) is 11.5 Å². The third-order valence-electron chi connectivity index (χ3n) is 2.18. The fraction of sp³-hybridized carbons (Fsp3) is 0.182. The molecule has 0 fully saturated rings. The summed E-state index contributed by atoms with van der Waals surface area (Å²) in [6.45, 7) is 1.68. The monoisotopic (exact) mass is 268 g/mol. The Hall–Kier alpha value is -2.02. The van der Waals surface area contributed by atoms with Gasteiger partial charge in [0.1, 0.15) is 23.0 Å². The lowest BCUT2D eigenvalue weighted by atomic mass is 10.3. The number of aromatic hydroxyl groups is 1.